The van der Waals surface area contributed by atoms with Crippen molar-refractivity contribution in [3.63, 3.8) is 0 Å². The highest BCUT2D eigenvalue weighted by molar-refractivity contribution is 6.07. The lowest BCUT2D eigenvalue weighted by atomic mass is 10.1. The van der Waals surface area contributed by atoms with Crippen molar-refractivity contribution in [2.75, 3.05) is 17.2 Å². The number of hydrogen-bond donors (Lipinski definition) is 2. The number of unbranched alkanes of at least 4 members (excludes halogenated alkanes) is 3. The summed E-state index contributed by atoms with van der Waals surface area (Å²) in [5.74, 6) is 0.563. The lowest BCUT2D eigenvalue weighted by Gasteiger charge is -2.15. The molecular weight excluding hydrogens is 364 g/mol. The summed E-state index contributed by atoms with van der Waals surface area (Å²) >= 11 is 0. The highest BCUT2D eigenvalue weighted by Crippen LogP contribution is 2.32. The molecular formula is C24H30N2O3. The molecule has 1 aliphatic rings. The topological polar surface area (TPSA) is 67.4 Å². The second-order valence-corrected chi connectivity index (χ2v) is 7.60. The largest absolute Gasteiger partial charge is 0.493 e. The van der Waals surface area contributed by atoms with Gasteiger partial charge in [-0.15, -0.1) is 0 Å². The molecule has 5 nitrogen and oxygen atoms in total. The van der Waals surface area contributed by atoms with E-state index in [0.717, 1.165) is 36.9 Å². The standard InChI is InChI=1S/C24H30N2O3/c1-3-4-5-8-16-29-22-13-7-6-10-19(22)24(28)26-21-12-9-11-20(17(21)2)25-23(27)18-14-15-18/h6-7,9-13,18H,3-5,8,14-16H2,1-2H3,(H,25,27)(H,26,28). The van der Waals surface area contributed by atoms with Gasteiger partial charge in [-0.25, -0.2) is 0 Å². The van der Waals surface area contributed by atoms with Crippen LogP contribution in [0.5, 0.6) is 5.75 Å². The Kier molecular flexibility index (Phi) is 7.28. The number of anilines is 2. The summed E-state index contributed by atoms with van der Waals surface area (Å²) in [6.07, 6.45) is 6.39. The van der Waals surface area contributed by atoms with Crippen LogP contribution in [0.4, 0.5) is 11.4 Å². The summed E-state index contributed by atoms with van der Waals surface area (Å²) in [5, 5.41) is 5.93. The van der Waals surface area contributed by atoms with Crippen LogP contribution in [0.2, 0.25) is 0 Å². The number of nitrogens with one attached hydrogen (secondary N) is 2. The SMILES string of the molecule is CCCCCCOc1ccccc1C(=O)Nc1cccc(NC(=O)C2CC2)c1C. The van der Waals surface area contributed by atoms with Crippen molar-refractivity contribution >= 4 is 23.2 Å². The molecule has 2 aromatic carbocycles. The summed E-state index contributed by atoms with van der Waals surface area (Å²) in [6, 6.07) is 12.8. The Morgan fingerprint density at radius 3 is 2.41 bits per heavy atom. The maximum Gasteiger partial charge on any atom is 0.259 e. The zero-order chi connectivity index (χ0) is 20.6. The maximum absolute atomic E-state index is 12.9. The van der Waals surface area contributed by atoms with E-state index in [0.29, 0.717) is 23.6 Å². The van der Waals surface area contributed by atoms with E-state index in [1.165, 1.54) is 12.8 Å². The van der Waals surface area contributed by atoms with Crippen LogP contribution < -0.4 is 15.4 Å². The van der Waals surface area contributed by atoms with Crippen molar-refractivity contribution in [3.8, 4) is 5.75 Å². The molecule has 0 atom stereocenters. The quantitative estimate of drug-likeness (QED) is 0.519. The van der Waals surface area contributed by atoms with Crippen LogP contribution in [-0.2, 0) is 4.79 Å². The zero-order valence-electron chi connectivity index (χ0n) is 17.3. The van der Waals surface area contributed by atoms with Crippen molar-refractivity contribution in [2.24, 2.45) is 5.92 Å². The predicted octanol–water partition coefficient (Wildman–Crippen LogP) is 5.55. The van der Waals surface area contributed by atoms with E-state index < -0.39 is 0 Å². The molecule has 5 heteroatoms. The minimum atomic E-state index is -0.220. The number of carbonyl (C=O) groups excluding carboxylic acids is 2. The molecule has 0 unspecified atom stereocenters. The molecule has 0 aromatic heterocycles. The Morgan fingerprint density at radius 1 is 0.966 bits per heavy atom. The molecule has 1 saturated carbocycles. The van der Waals surface area contributed by atoms with Crippen molar-refractivity contribution in [2.45, 2.75) is 52.4 Å². The van der Waals surface area contributed by atoms with Crippen molar-refractivity contribution in [1.82, 2.24) is 0 Å². The van der Waals surface area contributed by atoms with Crippen LogP contribution in [0.25, 0.3) is 0 Å². The third kappa shape index (κ3) is 5.83. The van der Waals surface area contributed by atoms with Gasteiger partial charge in [-0.05, 0) is 56.0 Å². The summed E-state index contributed by atoms with van der Waals surface area (Å²) in [6.45, 7) is 4.68. The van der Waals surface area contributed by atoms with Crippen molar-refractivity contribution in [3.05, 3.63) is 53.6 Å². The Morgan fingerprint density at radius 2 is 1.69 bits per heavy atom. The number of benzene rings is 2. The zero-order valence-corrected chi connectivity index (χ0v) is 17.3. The fourth-order valence-electron chi connectivity index (χ4n) is 3.17. The number of hydrogen-bond acceptors (Lipinski definition) is 3. The fourth-order valence-corrected chi connectivity index (χ4v) is 3.17. The Bertz CT molecular complexity index is 859. The molecule has 2 aromatic rings. The average molecular weight is 395 g/mol. The van der Waals surface area contributed by atoms with Gasteiger partial charge < -0.3 is 15.4 Å². The lowest BCUT2D eigenvalue weighted by molar-refractivity contribution is -0.117. The normalized spacial score (nSPS) is 13.0. The maximum atomic E-state index is 12.9. The molecule has 3 rings (SSSR count). The van der Waals surface area contributed by atoms with Gasteiger partial charge in [0.25, 0.3) is 5.91 Å². The second-order valence-electron chi connectivity index (χ2n) is 7.60. The van der Waals surface area contributed by atoms with Crippen LogP contribution >= 0.6 is 0 Å². The first-order chi connectivity index (χ1) is 14.1. The molecule has 0 bridgehead atoms. The van der Waals surface area contributed by atoms with E-state index in [4.69, 9.17) is 4.74 Å². The molecule has 0 heterocycles. The molecule has 29 heavy (non-hydrogen) atoms. The van der Waals surface area contributed by atoms with E-state index in [2.05, 4.69) is 17.6 Å². The van der Waals surface area contributed by atoms with Crippen LogP contribution in [-0.4, -0.2) is 18.4 Å². The third-order valence-electron chi connectivity index (χ3n) is 5.18. The Labute approximate surface area is 172 Å². The van der Waals surface area contributed by atoms with Gasteiger partial charge >= 0.3 is 0 Å². The number of rotatable bonds is 10. The summed E-state index contributed by atoms with van der Waals surface area (Å²) in [5.41, 5.74) is 2.77. The lowest BCUT2D eigenvalue weighted by Crippen LogP contribution is -2.17. The monoisotopic (exact) mass is 394 g/mol. The summed E-state index contributed by atoms with van der Waals surface area (Å²) in [7, 11) is 0. The van der Waals surface area contributed by atoms with Crippen LogP contribution in [0.1, 0.15) is 61.4 Å². The van der Waals surface area contributed by atoms with Crippen LogP contribution in [0.15, 0.2) is 42.5 Å². The number of carbonyl (C=O) groups is 2. The average Bonchev–Trinajstić information content (AvgIpc) is 3.56. The Hall–Kier alpha value is -2.82. The first-order valence-corrected chi connectivity index (χ1v) is 10.5. The second kappa shape index (κ2) is 10.1. The smallest absolute Gasteiger partial charge is 0.259 e. The van der Waals surface area contributed by atoms with E-state index in [9.17, 15) is 9.59 Å². The fraction of sp³-hybridized carbons (Fsp3) is 0.417. The van der Waals surface area contributed by atoms with E-state index in [1.54, 1.807) is 6.07 Å². The molecule has 0 spiro atoms. The first kappa shape index (κ1) is 20.9. The number of ether oxygens (including phenoxy) is 1. The van der Waals surface area contributed by atoms with Gasteiger partial charge in [0.1, 0.15) is 5.75 Å². The predicted molar refractivity (Wildman–Crippen MR) is 117 cm³/mol. The van der Waals surface area contributed by atoms with Crippen LogP contribution in [0, 0.1) is 12.8 Å². The molecule has 2 N–H and O–H groups in total. The van der Waals surface area contributed by atoms with E-state index >= 15 is 0 Å². The summed E-state index contributed by atoms with van der Waals surface area (Å²) in [4.78, 5) is 25.0. The minimum absolute atomic E-state index is 0.0541. The van der Waals surface area contributed by atoms with E-state index in [1.807, 2.05) is 43.3 Å². The van der Waals surface area contributed by atoms with Gasteiger partial charge in [0.05, 0.1) is 12.2 Å². The highest BCUT2D eigenvalue weighted by Gasteiger charge is 2.29. The van der Waals surface area contributed by atoms with Gasteiger partial charge in [-0.3, -0.25) is 9.59 Å². The Balaban J connectivity index is 1.66. The van der Waals surface area contributed by atoms with Crippen LogP contribution in [0.3, 0.4) is 0 Å². The molecule has 0 saturated heterocycles. The van der Waals surface area contributed by atoms with Crippen molar-refractivity contribution in [1.29, 1.82) is 0 Å². The van der Waals surface area contributed by atoms with Crippen molar-refractivity contribution < 1.29 is 14.3 Å². The minimum Gasteiger partial charge on any atom is -0.493 e. The number of para-hydroxylation sites is 1. The molecule has 2 amide bonds. The van der Waals surface area contributed by atoms with Gasteiger partial charge in [0, 0.05) is 17.3 Å². The molecule has 1 aliphatic carbocycles. The van der Waals surface area contributed by atoms with E-state index in [-0.39, 0.29) is 17.7 Å². The van der Waals surface area contributed by atoms with Gasteiger partial charge in [0.15, 0.2) is 0 Å². The van der Waals surface area contributed by atoms with Gasteiger partial charge in [-0.2, -0.15) is 0 Å². The molecule has 1 fully saturated rings. The molecule has 0 aliphatic heterocycles. The molecule has 0 radical (unpaired) electrons. The third-order valence-corrected chi connectivity index (χ3v) is 5.18. The highest BCUT2D eigenvalue weighted by atomic mass is 16.5. The van der Waals surface area contributed by atoms with Gasteiger partial charge in [0.2, 0.25) is 5.91 Å². The van der Waals surface area contributed by atoms with Gasteiger partial charge in [-0.1, -0.05) is 44.4 Å². The molecule has 154 valence electrons. The summed E-state index contributed by atoms with van der Waals surface area (Å²) < 4.78 is 5.86. The number of amides is 2. The first-order valence-electron chi connectivity index (χ1n) is 10.5.